The highest BCUT2D eigenvalue weighted by atomic mass is 35.5. The summed E-state index contributed by atoms with van der Waals surface area (Å²) in [6.45, 7) is 5.20. The minimum Gasteiger partial charge on any atom is -1.00 e. The summed E-state index contributed by atoms with van der Waals surface area (Å²) in [6.07, 6.45) is 3.15. The van der Waals surface area contributed by atoms with Gasteiger partial charge in [-0.3, -0.25) is 4.79 Å². The molecule has 0 aliphatic carbocycles. The monoisotopic (exact) mass is 267 g/mol. The van der Waals surface area contributed by atoms with E-state index in [0.717, 1.165) is 30.9 Å². The van der Waals surface area contributed by atoms with Crippen LogP contribution in [0.5, 0.6) is 0 Å². The summed E-state index contributed by atoms with van der Waals surface area (Å²) >= 11 is 0. The molecule has 0 atom stereocenters. The average molecular weight is 268 g/mol. The fourth-order valence-electron chi connectivity index (χ4n) is 2.19. The highest BCUT2D eigenvalue weighted by Gasteiger charge is 2.13. The Bertz CT molecular complexity index is 389. The number of amides is 1. The first kappa shape index (κ1) is 15.0. The zero-order valence-corrected chi connectivity index (χ0v) is 11.5. The van der Waals surface area contributed by atoms with Crippen molar-refractivity contribution in [2.75, 3.05) is 25.0 Å². The topological polar surface area (TPSA) is 32.3 Å². The lowest BCUT2D eigenvalue weighted by molar-refractivity contribution is -0.116. The number of benzene rings is 1. The standard InChI is InChI=1S/C14H20N2O.ClH/c1-12-6-2-3-7-13(12)15-14(17)8-11-16-9-4-5-10-16;/h2-3,6-7H,4-5,8-11H2,1H3,(H,15,17);1H/p-1. The van der Waals surface area contributed by atoms with E-state index in [1.54, 1.807) is 0 Å². The van der Waals surface area contributed by atoms with E-state index in [0.29, 0.717) is 6.42 Å². The molecule has 1 heterocycles. The Morgan fingerprint density at radius 1 is 1.28 bits per heavy atom. The smallest absolute Gasteiger partial charge is 0.225 e. The molecule has 0 bridgehead atoms. The number of halogens is 1. The van der Waals surface area contributed by atoms with Crippen molar-refractivity contribution in [2.24, 2.45) is 0 Å². The molecule has 1 aliphatic heterocycles. The first-order chi connectivity index (χ1) is 8.25. The van der Waals surface area contributed by atoms with E-state index in [4.69, 9.17) is 0 Å². The zero-order chi connectivity index (χ0) is 12.1. The third kappa shape index (κ3) is 4.31. The molecule has 1 amide bonds. The number of hydrogen-bond donors (Lipinski definition) is 1. The third-order valence-electron chi connectivity index (χ3n) is 3.27. The van der Waals surface area contributed by atoms with Gasteiger partial charge in [0.2, 0.25) is 5.91 Å². The minimum absolute atomic E-state index is 0. The van der Waals surface area contributed by atoms with Crippen molar-refractivity contribution in [1.82, 2.24) is 4.90 Å². The van der Waals surface area contributed by atoms with Gasteiger partial charge < -0.3 is 22.6 Å². The van der Waals surface area contributed by atoms with Crippen molar-refractivity contribution in [1.29, 1.82) is 0 Å². The fraction of sp³-hybridized carbons (Fsp3) is 0.500. The third-order valence-corrected chi connectivity index (χ3v) is 3.27. The first-order valence-electron chi connectivity index (χ1n) is 6.33. The van der Waals surface area contributed by atoms with E-state index in [1.165, 1.54) is 12.8 Å². The predicted molar refractivity (Wildman–Crippen MR) is 70.1 cm³/mol. The molecular formula is C14H20ClN2O-. The van der Waals surface area contributed by atoms with Gasteiger partial charge in [0.1, 0.15) is 0 Å². The van der Waals surface area contributed by atoms with Crippen LogP contribution >= 0.6 is 0 Å². The van der Waals surface area contributed by atoms with E-state index in [9.17, 15) is 4.79 Å². The van der Waals surface area contributed by atoms with Gasteiger partial charge in [-0.05, 0) is 44.5 Å². The summed E-state index contributed by atoms with van der Waals surface area (Å²) in [4.78, 5) is 14.1. The van der Waals surface area contributed by atoms with Crippen LogP contribution in [0.25, 0.3) is 0 Å². The molecule has 0 aromatic heterocycles. The van der Waals surface area contributed by atoms with E-state index in [2.05, 4.69) is 10.2 Å². The Morgan fingerprint density at radius 2 is 1.94 bits per heavy atom. The molecule has 1 fully saturated rings. The molecule has 4 heteroatoms. The van der Waals surface area contributed by atoms with Crippen LogP contribution in [0.4, 0.5) is 5.69 Å². The van der Waals surface area contributed by atoms with Gasteiger partial charge in [0, 0.05) is 18.7 Å². The fourth-order valence-corrected chi connectivity index (χ4v) is 2.19. The number of hydrogen-bond acceptors (Lipinski definition) is 2. The van der Waals surface area contributed by atoms with Crippen LogP contribution in [0.3, 0.4) is 0 Å². The van der Waals surface area contributed by atoms with Gasteiger partial charge in [0.05, 0.1) is 0 Å². The number of para-hydroxylation sites is 1. The maximum Gasteiger partial charge on any atom is 0.225 e. The number of anilines is 1. The SMILES string of the molecule is Cc1ccccc1NC(=O)CCN1CCCC1.[Cl-]. The van der Waals surface area contributed by atoms with Crippen LogP contribution in [0.2, 0.25) is 0 Å². The molecule has 0 spiro atoms. The predicted octanol–water partition coefficient (Wildman–Crippen LogP) is -0.577. The highest BCUT2D eigenvalue weighted by Crippen LogP contribution is 2.13. The van der Waals surface area contributed by atoms with Crippen LogP contribution in [-0.4, -0.2) is 30.4 Å². The molecule has 2 rings (SSSR count). The Hall–Kier alpha value is -1.06. The van der Waals surface area contributed by atoms with Crippen molar-refractivity contribution < 1.29 is 17.2 Å². The molecule has 1 saturated heterocycles. The van der Waals surface area contributed by atoms with E-state index >= 15 is 0 Å². The Labute approximate surface area is 115 Å². The summed E-state index contributed by atoms with van der Waals surface area (Å²) in [7, 11) is 0. The van der Waals surface area contributed by atoms with Crippen molar-refractivity contribution in [2.45, 2.75) is 26.2 Å². The molecular weight excluding hydrogens is 248 g/mol. The molecule has 100 valence electrons. The van der Waals surface area contributed by atoms with Crippen LogP contribution in [0.15, 0.2) is 24.3 Å². The Balaban J connectivity index is 0.00000162. The maximum atomic E-state index is 11.8. The van der Waals surface area contributed by atoms with Crippen LogP contribution in [-0.2, 0) is 4.79 Å². The zero-order valence-electron chi connectivity index (χ0n) is 10.8. The quantitative estimate of drug-likeness (QED) is 0.792. The van der Waals surface area contributed by atoms with Gasteiger partial charge in [-0.2, -0.15) is 0 Å². The van der Waals surface area contributed by atoms with Crippen molar-refractivity contribution in [3.05, 3.63) is 29.8 Å². The number of aryl methyl sites for hydroxylation is 1. The lowest BCUT2D eigenvalue weighted by atomic mass is 10.2. The molecule has 1 aromatic rings. The first-order valence-corrected chi connectivity index (χ1v) is 6.33. The van der Waals surface area contributed by atoms with Crippen LogP contribution < -0.4 is 17.7 Å². The molecule has 1 aliphatic rings. The lowest BCUT2D eigenvalue weighted by Crippen LogP contribution is -3.00. The maximum absolute atomic E-state index is 11.8. The van der Waals surface area contributed by atoms with E-state index in [1.807, 2.05) is 31.2 Å². The number of nitrogens with one attached hydrogen (secondary N) is 1. The number of likely N-dealkylation sites (tertiary alicyclic amines) is 1. The van der Waals surface area contributed by atoms with Crippen molar-refractivity contribution in [3.8, 4) is 0 Å². The number of rotatable bonds is 4. The number of nitrogens with zero attached hydrogens (tertiary/aromatic N) is 1. The number of carbonyl (C=O) groups excluding carboxylic acids is 1. The Morgan fingerprint density at radius 3 is 2.61 bits per heavy atom. The van der Waals surface area contributed by atoms with E-state index in [-0.39, 0.29) is 18.3 Å². The van der Waals surface area contributed by atoms with Crippen LogP contribution in [0, 0.1) is 6.92 Å². The molecule has 18 heavy (non-hydrogen) atoms. The van der Waals surface area contributed by atoms with Crippen molar-refractivity contribution in [3.63, 3.8) is 0 Å². The molecule has 3 nitrogen and oxygen atoms in total. The summed E-state index contributed by atoms with van der Waals surface area (Å²) in [5.74, 6) is 0.117. The van der Waals surface area contributed by atoms with Crippen molar-refractivity contribution >= 4 is 11.6 Å². The van der Waals surface area contributed by atoms with E-state index < -0.39 is 0 Å². The van der Waals surface area contributed by atoms with Gasteiger partial charge in [0.25, 0.3) is 0 Å². The van der Waals surface area contributed by atoms with Crippen LogP contribution in [0.1, 0.15) is 24.8 Å². The average Bonchev–Trinajstić information content (AvgIpc) is 2.82. The van der Waals surface area contributed by atoms with Gasteiger partial charge in [-0.25, -0.2) is 0 Å². The summed E-state index contributed by atoms with van der Waals surface area (Å²) in [5.41, 5.74) is 2.04. The Kier molecular flexibility index (Phi) is 6.16. The molecule has 0 radical (unpaired) electrons. The molecule has 1 N–H and O–H groups in total. The summed E-state index contributed by atoms with van der Waals surface area (Å²) < 4.78 is 0. The molecule has 1 aromatic carbocycles. The summed E-state index contributed by atoms with van der Waals surface area (Å²) in [6, 6.07) is 7.89. The molecule has 0 saturated carbocycles. The van der Waals surface area contributed by atoms with Gasteiger partial charge in [0.15, 0.2) is 0 Å². The second-order valence-corrected chi connectivity index (χ2v) is 4.66. The van der Waals surface area contributed by atoms with Gasteiger partial charge in [-0.1, -0.05) is 18.2 Å². The minimum atomic E-state index is 0. The second kappa shape index (κ2) is 7.39. The van der Waals surface area contributed by atoms with Gasteiger partial charge >= 0.3 is 0 Å². The summed E-state index contributed by atoms with van der Waals surface area (Å²) in [5, 5.41) is 2.97. The lowest BCUT2D eigenvalue weighted by Gasteiger charge is -2.14. The highest BCUT2D eigenvalue weighted by molar-refractivity contribution is 5.91. The second-order valence-electron chi connectivity index (χ2n) is 4.66. The molecule has 0 unspecified atom stereocenters. The largest absolute Gasteiger partial charge is 1.00 e. The number of carbonyl (C=O) groups is 1. The normalized spacial score (nSPS) is 15.2. The van der Waals surface area contributed by atoms with Gasteiger partial charge in [-0.15, -0.1) is 0 Å².